The fraction of sp³-hybridized carbons (Fsp3) is 0.250. The molecule has 12 heavy (non-hydrogen) atoms. The van der Waals surface area contributed by atoms with Crippen molar-refractivity contribution in [2.45, 2.75) is 18.2 Å². The van der Waals surface area contributed by atoms with Crippen molar-refractivity contribution in [2.24, 2.45) is 0 Å². The number of benzene rings is 1. The molecule has 0 aliphatic heterocycles. The molecule has 0 saturated heterocycles. The highest BCUT2D eigenvalue weighted by Gasteiger charge is 2.05. The van der Waals surface area contributed by atoms with E-state index < -0.39 is 0 Å². The predicted molar refractivity (Wildman–Crippen MR) is 44.5 cm³/mol. The molecule has 0 atom stereocenters. The van der Waals surface area contributed by atoms with E-state index in [2.05, 4.69) is 4.94 Å². The van der Waals surface area contributed by atoms with Crippen LogP contribution < -0.4 is 4.94 Å². The molecule has 0 unspecified atom stereocenters. The molecule has 0 fully saturated rings. The Hall–Kier alpha value is -0.770. The van der Waals surface area contributed by atoms with Crippen LogP contribution >= 0.6 is 12.1 Å². The Kier molecular flexibility index (Phi) is 3.34. The average Bonchev–Trinajstić information content (AvgIpc) is 2.16. The maximum absolute atomic E-state index is 12.2. The Balaban J connectivity index is 3.02. The summed E-state index contributed by atoms with van der Waals surface area (Å²) in [4.78, 5) is 3.65. The van der Waals surface area contributed by atoms with Gasteiger partial charge in [0.1, 0.15) is 0 Å². The maximum atomic E-state index is 12.2. The fourth-order valence-corrected chi connectivity index (χ4v) is 1.27. The molecule has 0 radical (unpaired) electrons. The zero-order valence-electron chi connectivity index (χ0n) is 6.51. The molecule has 4 heteroatoms. The van der Waals surface area contributed by atoms with Crippen LogP contribution in [0.25, 0.3) is 0 Å². The first-order valence-electron chi connectivity index (χ1n) is 3.52. The van der Waals surface area contributed by atoms with E-state index in [1.165, 1.54) is 6.07 Å². The normalized spacial score (nSPS) is 9.92. The molecule has 0 N–H and O–H groups in total. The molecule has 1 rings (SSSR count). The largest absolute Gasteiger partial charge is 0.293 e. The molecule has 1 nitrogen and oxygen atoms in total. The summed E-state index contributed by atoms with van der Waals surface area (Å²) >= 11 is -0.0155. The SMILES string of the molecule is CCc1ccc(OF)c(SF)c1. The molecule has 0 aliphatic rings. The Morgan fingerprint density at radius 3 is 2.75 bits per heavy atom. The van der Waals surface area contributed by atoms with Crippen molar-refractivity contribution in [1.82, 2.24) is 0 Å². The first-order valence-corrected chi connectivity index (χ1v) is 4.23. The third-order valence-electron chi connectivity index (χ3n) is 1.58. The highest BCUT2D eigenvalue weighted by atomic mass is 32.2. The van der Waals surface area contributed by atoms with Crippen LogP contribution in [0.5, 0.6) is 5.75 Å². The third-order valence-corrected chi connectivity index (χ3v) is 2.07. The number of halogens is 2. The molecule has 1 aromatic carbocycles. The van der Waals surface area contributed by atoms with Gasteiger partial charge in [-0.3, -0.25) is 4.94 Å². The smallest absolute Gasteiger partial charge is 0.188 e. The summed E-state index contributed by atoms with van der Waals surface area (Å²) in [5.41, 5.74) is 0.955. The molecule has 0 bridgehead atoms. The second kappa shape index (κ2) is 4.30. The number of aryl methyl sites for hydroxylation is 1. The Labute approximate surface area is 73.9 Å². The summed E-state index contributed by atoms with van der Waals surface area (Å²) in [6.45, 7) is 1.94. The van der Waals surface area contributed by atoms with Gasteiger partial charge in [0, 0.05) is 4.53 Å². The van der Waals surface area contributed by atoms with E-state index in [0.717, 1.165) is 12.0 Å². The molecule has 66 valence electrons. The van der Waals surface area contributed by atoms with Gasteiger partial charge in [-0.1, -0.05) is 13.0 Å². The van der Waals surface area contributed by atoms with E-state index in [4.69, 9.17) is 0 Å². The lowest BCUT2D eigenvalue weighted by Crippen LogP contribution is -1.84. The Morgan fingerprint density at radius 2 is 2.25 bits per heavy atom. The first-order chi connectivity index (χ1) is 5.81. The zero-order valence-corrected chi connectivity index (χ0v) is 7.33. The topological polar surface area (TPSA) is 9.23 Å². The van der Waals surface area contributed by atoms with Crippen molar-refractivity contribution < 1.29 is 13.4 Å². The molecule has 0 aromatic heterocycles. The summed E-state index contributed by atoms with van der Waals surface area (Å²) in [5.74, 6) is -0.0697. The number of hydrogen-bond acceptors (Lipinski definition) is 2. The van der Waals surface area contributed by atoms with E-state index in [0.29, 0.717) is 0 Å². The molecule has 0 spiro atoms. The van der Waals surface area contributed by atoms with E-state index in [9.17, 15) is 8.41 Å². The van der Waals surface area contributed by atoms with Gasteiger partial charge in [-0.2, -0.15) is 3.89 Å². The van der Waals surface area contributed by atoms with Gasteiger partial charge < -0.3 is 0 Å². The lowest BCUT2D eigenvalue weighted by molar-refractivity contribution is -0.00967. The lowest BCUT2D eigenvalue weighted by atomic mass is 10.2. The van der Waals surface area contributed by atoms with Gasteiger partial charge in [-0.15, -0.1) is 0 Å². The lowest BCUT2D eigenvalue weighted by Gasteiger charge is -2.01. The van der Waals surface area contributed by atoms with E-state index in [1.807, 2.05) is 6.92 Å². The monoisotopic (exact) mass is 190 g/mol. The maximum Gasteiger partial charge on any atom is 0.188 e. The molecular formula is C8H8F2OS. The summed E-state index contributed by atoms with van der Waals surface area (Å²) in [7, 11) is 0. The van der Waals surface area contributed by atoms with Crippen molar-refractivity contribution in [2.75, 3.05) is 0 Å². The van der Waals surface area contributed by atoms with E-state index in [-0.39, 0.29) is 22.8 Å². The van der Waals surface area contributed by atoms with Crippen LogP contribution in [0, 0.1) is 0 Å². The van der Waals surface area contributed by atoms with Crippen molar-refractivity contribution in [3.05, 3.63) is 23.8 Å². The zero-order chi connectivity index (χ0) is 8.97. The van der Waals surface area contributed by atoms with Gasteiger partial charge in [0.25, 0.3) is 0 Å². The van der Waals surface area contributed by atoms with Gasteiger partial charge in [0.2, 0.25) is 0 Å². The van der Waals surface area contributed by atoms with Gasteiger partial charge in [0.15, 0.2) is 5.75 Å². The van der Waals surface area contributed by atoms with Crippen LogP contribution in [-0.2, 0) is 6.42 Å². The number of hydrogen-bond donors (Lipinski definition) is 0. The van der Waals surface area contributed by atoms with Gasteiger partial charge >= 0.3 is 0 Å². The minimum Gasteiger partial charge on any atom is -0.293 e. The third kappa shape index (κ3) is 1.88. The Bertz CT molecular complexity index is 265. The Morgan fingerprint density at radius 1 is 1.50 bits per heavy atom. The van der Waals surface area contributed by atoms with Gasteiger partial charge in [-0.25, -0.2) is 0 Å². The fourth-order valence-electron chi connectivity index (χ4n) is 0.896. The molecular weight excluding hydrogens is 182 g/mol. The van der Waals surface area contributed by atoms with E-state index in [1.54, 1.807) is 12.1 Å². The van der Waals surface area contributed by atoms with Crippen molar-refractivity contribution >= 4 is 12.1 Å². The quantitative estimate of drug-likeness (QED) is 0.721. The molecule has 0 amide bonds. The molecule has 0 aliphatic carbocycles. The van der Waals surface area contributed by atoms with Crippen molar-refractivity contribution in [1.29, 1.82) is 0 Å². The molecule has 0 heterocycles. The second-order valence-corrected chi connectivity index (χ2v) is 2.88. The van der Waals surface area contributed by atoms with Crippen LogP contribution in [0.4, 0.5) is 8.41 Å². The summed E-state index contributed by atoms with van der Waals surface area (Å²) in [6.07, 6.45) is 0.792. The minimum atomic E-state index is -0.0697. The number of rotatable bonds is 3. The summed E-state index contributed by atoms with van der Waals surface area (Å²) in [5, 5.41) is 0. The van der Waals surface area contributed by atoms with Gasteiger partial charge in [-0.05, 0) is 24.1 Å². The van der Waals surface area contributed by atoms with Crippen molar-refractivity contribution in [3.8, 4) is 5.75 Å². The standard InChI is InChI=1S/C8H8F2OS/c1-2-6-3-4-7(11-9)8(5-6)12-10/h3-5H,2H2,1H3. The van der Waals surface area contributed by atoms with Crippen LogP contribution in [0.3, 0.4) is 0 Å². The highest BCUT2D eigenvalue weighted by Crippen LogP contribution is 2.31. The minimum absolute atomic E-state index is 0.0155. The summed E-state index contributed by atoms with van der Waals surface area (Å²) in [6, 6.07) is 4.69. The van der Waals surface area contributed by atoms with Crippen LogP contribution in [0.2, 0.25) is 0 Å². The molecule has 0 saturated carbocycles. The van der Waals surface area contributed by atoms with Crippen LogP contribution in [-0.4, -0.2) is 0 Å². The predicted octanol–water partition coefficient (Wildman–Crippen LogP) is 3.49. The molecule has 1 aromatic rings. The highest BCUT2D eigenvalue weighted by molar-refractivity contribution is 7.94. The van der Waals surface area contributed by atoms with Crippen molar-refractivity contribution in [3.63, 3.8) is 0 Å². The van der Waals surface area contributed by atoms with Gasteiger partial charge in [0.05, 0.1) is 17.0 Å². The summed E-state index contributed by atoms with van der Waals surface area (Å²) < 4.78 is 23.9. The van der Waals surface area contributed by atoms with Crippen LogP contribution in [0.1, 0.15) is 12.5 Å². The van der Waals surface area contributed by atoms with E-state index >= 15 is 0 Å². The van der Waals surface area contributed by atoms with Crippen LogP contribution in [0.15, 0.2) is 23.1 Å². The average molecular weight is 190 g/mol. The first kappa shape index (κ1) is 9.32. The second-order valence-electron chi connectivity index (χ2n) is 2.29.